The third kappa shape index (κ3) is 5.03. The molecule has 0 aliphatic rings. The maximum absolute atomic E-state index is 5.81. The molecule has 0 atom stereocenters. The summed E-state index contributed by atoms with van der Waals surface area (Å²) in [5, 5.41) is 3.38. The molecule has 0 heterocycles. The van der Waals surface area contributed by atoms with Crippen molar-refractivity contribution >= 4 is 5.69 Å². The molecule has 0 spiro atoms. The van der Waals surface area contributed by atoms with Gasteiger partial charge >= 0.3 is 0 Å². The summed E-state index contributed by atoms with van der Waals surface area (Å²) in [5.74, 6) is 1.76. The molecule has 0 amide bonds. The highest BCUT2D eigenvalue weighted by atomic mass is 16.5. The zero-order valence-corrected chi connectivity index (χ0v) is 13.1. The second-order valence-electron chi connectivity index (χ2n) is 5.94. The van der Waals surface area contributed by atoms with Crippen LogP contribution in [0.15, 0.2) is 48.5 Å². The predicted octanol–water partition coefficient (Wildman–Crippen LogP) is 4.48. The molecular weight excluding hydrogens is 262 g/mol. The van der Waals surface area contributed by atoms with Crippen LogP contribution >= 0.6 is 0 Å². The molecule has 0 saturated heterocycles. The zero-order valence-electron chi connectivity index (χ0n) is 13.1. The molecule has 0 radical (unpaired) electrons. The highest BCUT2D eigenvalue weighted by Gasteiger charge is 2.11. The molecule has 0 saturated carbocycles. The number of benzene rings is 2. The van der Waals surface area contributed by atoms with Crippen molar-refractivity contribution in [2.45, 2.75) is 32.9 Å². The van der Waals surface area contributed by atoms with Crippen LogP contribution in [0.5, 0.6) is 11.5 Å². The Labute approximate surface area is 126 Å². The molecule has 2 aromatic carbocycles. The Morgan fingerprint density at radius 2 is 1.43 bits per heavy atom. The lowest BCUT2D eigenvalue weighted by molar-refractivity contribution is 0.131. The molecular formula is C18H23NO2. The summed E-state index contributed by atoms with van der Waals surface area (Å²) in [4.78, 5) is 0. The average molecular weight is 285 g/mol. The fraction of sp³-hybridized carbons (Fsp3) is 0.333. The largest absolute Gasteiger partial charge is 0.497 e. The van der Waals surface area contributed by atoms with E-state index in [-0.39, 0.29) is 5.60 Å². The van der Waals surface area contributed by atoms with Crippen molar-refractivity contribution in [3.05, 3.63) is 54.1 Å². The van der Waals surface area contributed by atoms with Gasteiger partial charge < -0.3 is 14.8 Å². The van der Waals surface area contributed by atoms with Gasteiger partial charge in [0.25, 0.3) is 0 Å². The maximum Gasteiger partial charge on any atom is 0.120 e. The minimum atomic E-state index is -0.164. The number of methoxy groups -OCH3 is 1. The fourth-order valence-electron chi connectivity index (χ4n) is 1.94. The van der Waals surface area contributed by atoms with Crippen molar-refractivity contribution in [2.24, 2.45) is 0 Å². The van der Waals surface area contributed by atoms with Crippen molar-refractivity contribution in [2.75, 3.05) is 12.4 Å². The number of anilines is 1. The third-order valence-corrected chi connectivity index (χ3v) is 2.93. The van der Waals surface area contributed by atoms with E-state index in [4.69, 9.17) is 9.47 Å². The predicted molar refractivity (Wildman–Crippen MR) is 87.1 cm³/mol. The molecule has 0 aliphatic heterocycles. The van der Waals surface area contributed by atoms with Crippen molar-refractivity contribution in [3.8, 4) is 11.5 Å². The van der Waals surface area contributed by atoms with Gasteiger partial charge in [0.15, 0.2) is 0 Å². The summed E-state index contributed by atoms with van der Waals surface area (Å²) in [6.07, 6.45) is 0. The number of hydrogen-bond acceptors (Lipinski definition) is 3. The van der Waals surface area contributed by atoms with E-state index in [1.165, 1.54) is 5.56 Å². The second kappa shape index (κ2) is 6.53. The smallest absolute Gasteiger partial charge is 0.120 e. The van der Waals surface area contributed by atoms with Crippen LogP contribution in [0.2, 0.25) is 0 Å². The van der Waals surface area contributed by atoms with Crippen molar-refractivity contribution in [1.82, 2.24) is 0 Å². The van der Waals surface area contributed by atoms with E-state index in [9.17, 15) is 0 Å². The van der Waals surface area contributed by atoms with Crippen LogP contribution in [0.25, 0.3) is 0 Å². The van der Waals surface area contributed by atoms with Gasteiger partial charge in [-0.1, -0.05) is 12.1 Å². The first kappa shape index (κ1) is 15.2. The van der Waals surface area contributed by atoms with Crippen molar-refractivity contribution in [1.29, 1.82) is 0 Å². The Kier molecular flexibility index (Phi) is 4.73. The first-order valence-electron chi connectivity index (χ1n) is 7.12. The highest BCUT2D eigenvalue weighted by Crippen LogP contribution is 2.20. The summed E-state index contributed by atoms with van der Waals surface area (Å²) in [7, 11) is 1.67. The summed E-state index contributed by atoms with van der Waals surface area (Å²) >= 11 is 0. The van der Waals surface area contributed by atoms with Crippen LogP contribution < -0.4 is 14.8 Å². The normalized spacial score (nSPS) is 11.0. The Hall–Kier alpha value is -2.16. The van der Waals surface area contributed by atoms with Gasteiger partial charge in [0.1, 0.15) is 17.1 Å². The van der Waals surface area contributed by atoms with Crippen molar-refractivity contribution in [3.63, 3.8) is 0 Å². The van der Waals surface area contributed by atoms with Crippen LogP contribution in [-0.4, -0.2) is 12.7 Å². The van der Waals surface area contributed by atoms with Gasteiger partial charge in [-0.05, 0) is 62.7 Å². The van der Waals surface area contributed by atoms with E-state index in [1.54, 1.807) is 7.11 Å². The van der Waals surface area contributed by atoms with E-state index in [0.717, 1.165) is 23.7 Å². The first-order valence-corrected chi connectivity index (χ1v) is 7.12. The van der Waals surface area contributed by atoms with E-state index < -0.39 is 0 Å². The van der Waals surface area contributed by atoms with Crippen molar-refractivity contribution < 1.29 is 9.47 Å². The van der Waals surface area contributed by atoms with Gasteiger partial charge in [0.2, 0.25) is 0 Å². The third-order valence-electron chi connectivity index (χ3n) is 2.93. The molecule has 0 bridgehead atoms. The lowest BCUT2D eigenvalue weighted by atomic mass is 10.1. The molecule has 112 valence electrons. The van der Waals surface area contributed by atoms with Gasteiger partial charge in [-0.2, -0.15) is 0 Å². The van der Waals surface area contributed by atoms with Crippen LogP contribution in [0, 0.1) is 0 Å². The maximum atomic E-state index is 5.81. The van der Waals surface area contributed by atoms with E-state index >= 15 is 0 Å². The molecule has 0 aliphatic carbocycles. The Balaban J connectivity index is 1.91. The van der Waals surface area contributed by atoms with E-state index in [0.29, 0.717) is 0 Å². The van der Waals surface area contributed by atoms with Gasteiger partial charge in [-0.15, -0.1) is 0 Å². The molecule has 0 fully saturated rings. The Morgan fingerprint density at radius 1 is 0.857 bits per heavy atom. The molecule has 0 unspecified atom stereocenters. The molecule has 1 N–H and O–H groups in total. The standard InChI is InChI=1S/C18H23NO2/c1-18(2,3)21-17-9-5-14(6-10-17)13-19-15-7-11-16(20-4)12-8-15/h5-12,19H,13H2,1-4H3. The monoisotopic (exact) mass is 285 g/mol. The van der Waals surface area contributed by atoms with E-state index in [2.05, 4.69) is 17.4 Å². The van der Waals surface area contributed by atoms with Gasteiger partial charge in [-0.25, -0.2) is 0 Å². The number of nitrogens with one attached hydrogen (secondary N) is 1. The van der Waals surface area contributed by atoms with Gasteiger partial charge in [0.05, 0.1) is 7.11 Å². The van der Waals surface area contributed by atoms with Crippen LogP contribution in [0.3, 0.4) is 0 Å². The Morgan fingerprint density at radius 3 is 1.95 bits per heavy atom. The van der Waals surface area contributed by atoms with Gasteiger partial charge in [0, 0.05) is 12.2 Å². The van der Waals surface area contributed by atoms with Crippen LogP contribution in [-0.2, 0) is 6.54 Å². The van der Waals surface area contributed by atoms with Crippen LogP contribution in [0.1, 0.15) is 26.3 Å². The summed E-state index contributed by atoms with van der Waals surface area (Å²) in [6, 6.07) is 16.1. The number of hydrogen-bond donors (Lipinski definition) is 1. The first-order chi connectivity index (χ1) is 9.96. The van der Waals surface area contributed by atoms with Crippen LogP contribution in [0.4, 0.5) is 5.69 Å². The fourth-order valence-corrected chi connectivity index (χ4v) is 1.94. The van der Waals surface area contributed by atoms with Gasteiger partial charge in [-0.3, -0.25) is 0 Å². The summed E-state index contributed by atoms with van der Waals surface area (Å²) in [6.45, 7) is 6.92. The lowest BCUT2D eigenvalue weighted by Gasteiger charge is -2.21. The molecule has 3 nitrogen and oxygen atoms in total. The summed E-state index contributed by atoms with van der Waals surface area (Å²) < 4.78 is 11.0. The highest BCUT2D eigenvalue weighted by molar-refractivity contribution is 5.47. The zero-order chi connectivity index (χ0) is 15.3. The molecule has 2 aromatic rings. The topological polar surface area (TPSA) is 30.5 Å². The SMILES string of the molecule is COc1ccc(NCc2ccc(OC(C)(C)C)cc2)cc1. The quantitative estimate of drug-likeness (QED) is 0.878. The minimum Gasteiger partial charge on any atom is -0.497 e. The van der Waals surface area contributed by atoms with E-state index in [1.807, 2.05) is 57.2 Å². The minimum absolute atomic E-state index is 0.164. The average Bonchev–Trinajstić information content (AvgIpc) is 2.45. The number of rotatable bonds is 5. The lowest BCUT2D eigenvalue weighted by Crippen LogP contribution is -2.22. The molecule has 3 heteroatoms. The summed E-state index contributed by atoms with van der Waals surface area (Å²) in [5.41, 5.74) is 2.13. The Bertz CT molecular complexity index is 553. The second-order valence-corrected chi connectivity index (χ2v) is 5.94. The number of ether oxygens (including phenoxy) is 2. The molecule has 2 rings (SSSR count). The molecule has 21 heavy (non-hydrogen) atoms. The molecule has 0 aromatic heterocycles.